The van der Waals surface area contributed by atoms with E-state index < -0.39 is 0 Å². The van der Waals surface area contributed by atoms with Crippen molar-refractivity contribution < 1.29 is 4.79 Å². The summed E-state index contributed by atoms with van der Waals surface area (Å²) >= 11 is 0. The van der Waals surface area contributed by atoms with Crippen LogP contribution in [0.25, 0.3) is 0 Å². The van der Waals surface area contributed by atoms with Gasteiger partial charge in [-0.1, -0.05) is 6.92 Å². The van der Waals surface area contributed by atoms with Crippen LogP contribution >= 0.6 is 0 Å². The van der Waals surface area contributed by atoms with E-state index in [1.165, 1.54) is 0 Å². The number of unbranched alkanes of at least 4 members (excludes halogenated alkanes) is 2. The molecule has 0 aromatic carbocycles. The summed E-state index contributed by atoms with van der Waals surface area (Å²) in [5, 5.41) is 3.45. The van der Waals surface area contributed by atoms with Crippen LogP contribution in [0.5, 0.6) is 0 Å². The number of carbonyl (C=O) groups excluding carboxylic acids is 1. The molecule has 0 aromatic heterocycles. The van der Waals surface area contributed by atoms with E-state index in [0.29, 0.717) is 30.2 Å². The molecule has 2 rings (SSSR count). The molecule has 100 valence electrons. The summed E-state index contributed by atoms with van der Waals surface area (Å²) in [5.41, 5.74) is 0. The molecule has 3 unspecified atom stereocenters. The van der Waals surface area contributed by atoms with Gasteiger partial charge >= 0.3 is 0 Å². The van der Waals surface area contributed by atoms with E-state index in [1.807, 2.05) is 0 Å². The van der Waals surface area contributed by atoms with Crippen molar-refractivity contribution in [3.63, 3.8) is 0 Å². The van der Waals surface area contributed by atoms with E-state index in [-0.39, 0.29) is 0 Å². The van der Waals surface area contributed by atoms with Crippen molar-refractivity contribution in [3.8, 4) is 12.3 Å². The molecular weight excluding hydrogens is 224 g/mol. The topological polar surface area (TPSA) is 32.3 Å². The average Bonchev–Trinajstić information content (AvgIpc) is 2.93. The SMILES string of the molecule is C#CCCCCC(=O)N1CC2CNCC2C1CC. The van der Waals surface area contributed by atoms with Gasteiger partial charge in [-0.05, 0) is 31.1 Å². The number of hydrogen-bond acceptors (Lipinski definition) is 2. The third-order valence-corrected chi connectivity index (χ3v) is 4.42. The maximum Gasteiger partial charge on any atom is 0.222 e. The van der Waals surface area contributed by atoms with Gasteiger partial charge in [0.05, 0.1) is 0 Å². The first kappa shape index (κ1) is 13.4. The van der Waals surface area contributed by atoms with Crippen LogP contribution in [0.1, 0.15) is 39.0 Å². The van der Waals surface area contributed by atoms with E-state index in [2.05, 4.69) is 23.1 Å². The molecule has 2 aliphatic rings. The molecule has 2 saturated heterocycles. The van der Waals surface area contributed by atoms with Crippen LogP contribution in [-0.4, -0.2) is 36.5 Å². The van der Waals surface area contributed by atoms with Gasteiger partial charge in [-0.15, -0.1) is 12.3 Å². The fourth-order valence-corrected chi connectivity index (χ4v) is 3.48. The molecule has 1 N–H and O–H groups in total. The zero-order valence-electron chi connectivity index (χ0n) is 11.3. The standard InChI is InChI=1S/C15H24N2O/c1-3-5-6-7-8-15(18)17-11-12-9-16-10-13(12)14(17)4-2/h1,12-14,16H,4-11H2,2H3. The van der Waals surface area contributed by atoms with Gasteiger partial charge in [0.2, 0.25) is 5.91 Å². The summed E-state index contributed by atoms with van der Waals surface area (Å²) in [6.45, 7) is 5.33. The van der Waals surface area contributed by atoms with E-state index in [9.17, 15) is 4.79 Å². The summed E-state index contributed by atoms with van der Waals surface area (Å²) in [5.74, 6) is 4.34. The Bertz CT molecular complexity index is 334. The van der Waals surface area contributed by atoms with Gasteiger partial charge in [0, 0.05) is 38.5 Å². The molecule has 18 heavy (non-hydrogen) atoms. The number of fused-ring (bicyclic) bond motifs is 1. The van der Waals surface area contributed by atoms with Crippen molar-refractivity contribution in [2.45, 2.75) is 45.1 Å². The Morgan fingerprint density at radius 3 is 3.00 bits per heavy atom. The van der Waals surface area contributed by atoms with Gasteiger partial charge in [0.1, 0.15) is 0 Å². The Morgan fingerprint density at radius 1 is 1.44 bits per heavy atom. The zero-order valence-corrected chi connectivity index (χ0v) is 11.3. The molecule has 0 radical (unpaired) electrons. The highest BCUT2D eigenvalue weighted by molar-refractivity contribution is 5.77. The first-order valence-electron chi connectivity index (χ1n) is 7.21. The second-order valence-corrected chi connectivity index (χ2v) is 5.52. The van der Waals surface area contributed by atoms with Gasteiger partial charge < -0.3 is 10.2 Å². The Morgan fingerprint density at radius 2 is 2.28 bits per heavy atom. The number of terminal acetylenes is 1. The smallest absolute Gasteiger partial charge is 0.222 e. The third-order valence-electron chi connectivity index (χ3n) is 4.42. The number of nitrogens with zero attached hydrogens (tertiary/aromatic N) is 1. The predicted molar refractivity (Wildman–Crippen MR) is 72.9 cm³/mol. The number of amides is 1. The number of carbonyl (C=O) groups is 1. The summed E-state index contributed by atoms with van der Waals surface area (Å²) in [7, 11) is 0. The van der Waals surface area contributed by atoms with Gasteiger partial charge in [0.25, 0.3) is 0 Å². The van der Waals surface area contributed by atoms with Crippen LogP contribution in [0.2, 0.25) is 0 Å². The Labute approximate surface area is 110 Å². The quantitative estimate of drug-likeness (QED) is 0.592. The molecule has 0 saturated carbocycles. The molecule has 3 nitrogen and oxygen atoms in total. The van der Waals surface area contributed by atoms with Crippen molar-refractivity contribution in [1.29, 1.82) is 0 Å². The Balaban J connectivity index is 1.84. The average molecular weight is 248 g/mol. The maximum absolute atomic E-state index is 12.3. The molecule has 0 bridgehead atoms. The molecule has 2 heterocycles. The molecular formula is C15H24N2O. The van der Waals surface area contributed by atoms with E-state index in [0.717, 1.165) is 45.3 Å². The minimum Gasteiger partial charge on any atom is -0.339 e. The first-order valence-corrected chi connectivity index (χ1v) is 7.21. The fraction of sp³-hybridized carbons (Fsp3) is 0.800. The summed E-state index contributed by atoms with van der Waals surface area (Å²) in [6.07, 6.45) is 9.67. The van der Waals surface area contributed by atoms with Crippen molar-refractivity contribution in [2.24, 2.45) is 11.8 Å². The maximum atomic E-state index is 12.3. The van der Waals surface area contributed by atoms with Crippen molar-refractivity contribution >= 4 is 5.91 Å². The Kier molecular flexibility index (Phi) is 4.66. The van der Waals surface area contributed by atoms with E-state index in [1.54, 1.807) is 0 Å². The Hall–Kier alpha value is -1.01. The highest BCUT2D eigenvalue weighted by atomic mass is 16.2. The monoisotopic (exact) mass is 248 g/mol. The first-order chi connectivity index (χ1) is 8.77. The second kappa shape index (κ2) is 6.24. The summed E-state index contributed by atoms with van der Waals surface area (Å²) < 4.78 is 0. The van der Waals surface area contributed by atoms with Gasteiger partial charge in [0.15, 0.2) is 0 Å². The van der Waals surface area contributed by atoms with Crippen molar-refractivity contribution in [1.82, 2.24) is 10.2 Å². The van der Waals surface area contributed by atoms with Gasteiger partial charge in [-0.3, -0.25) is 4.79 Å². The highest BCUT2D eigenvalue weighted by Crippen LogP contribution is 2.34. The number of likely N-dealkylation sites (tertiary alicyclic amines) is 1. The summed E-state index contributed by atoms with van der Waals surface area (Å²) in [4.78, 5) is 14.4. The largest absolute Gasteiger partial charge is 0.339 e. The minimum atomic E-state index is 0.341. The van der Waals surface area contributed by atoms with E-state index >= 15 is 0 Å². The highest BCUT2D eigenvalue weighted by Gasteiger charge is 2.44. The normalized spacial score (nSPS) is 30.2. The van der Waals surface area contributed by atoms with Crippen molar-refractivity contribution in [2.75, 3.05) is 19.6 Å². The molecule has 3 heteroatoms. The lowest BCUT2D eigenvalue weighted by atomic mass is 9.93. The second-order valence-electron chi connectivity index (χ2n) is 5.52. The van der Waals surface area contributed by atoms with Gasteiger partial charge in [-0.25, -0.2) is 0 Å². The van der Waals surface area contributed by atoms with E-state index in [4.69, 9.17) is 6.42 Å². The van der Waals surface area contributed by atoms with Crippen LogP contribution in [0.4, 0.5) is 0 Å². The summed E-state index contributed by atoms with van der Waals surface area (Å²) in [6, 6.07) is 0.463. The fourth-order valence-electron chi connectivity index (χ4n) is 3.48. The number of hydrogen-bond donors (Lipinski definition) is 1. The van der Waals surface area contributed by atoms with Crippen LogP contribution < -0.4 is 5.32 Å². The third kappa shape index (κ3) is 2.70. The van der Waals surface area contributed by atoms with Crippen LogP contribution in [0.15, 0.2) is 0 Å². The number of nitrogens with one attached hydrogen (secondary N) is 1. The number of rotatable bonds is 5. The molecule has 3 atom stereocenters. The van der Waals surface area contributed by atoms with Crippen LogP contribution in [-0.2, 0) is 4.79 Å². The molecule has 2 fully saturated rings. The molecule has 0 aliphatic carbocycles. The predicted octanol–water partition coefficient (Wildman–Crippen LogP) is 1.64. The van der Waals surface area contributed by atoms with Gasteiger partial charge in [-0.2, -0.15) is 0 Å². The lowest BCUT2D eigenvalue weighted by Crippen LogP contribution is -2.39. The molecule has 0 spiro atoms. The minimum absolute atomic E-state index is 0.341. The van der Waals surface area contributed by atoms with Crippen LogP contribution in [0.3, 0.4) is 0 Å². The molecule has 2 aliphatic heterocycles. The lowest BCUT2D eigenvalue weighted by Gasteiger charge is -2.27. The molecule has 1 amide bonds. The zero-order chi connectivity index (χ0) is 13.0. The van der Waals surface area contributed by atoms with Crippen LogP contribution in [0, 0.1) is 24.2 Å². The van der Waals surface area contributed by atoms with Crippen molar-refractivity contribution in [3.05, 3.63) is 0 Å². The lowest BCUT2D eigenvalue weighted by molar-refractivity contribution is -0.132. The molecule has 0 aromatic rings.